The highest BCUT2D eigenvalue weighted by Gasteiger charge is 2.12. The number of hydrogen-bond donors (Lipinski definition) is 0. The number of Topliss-reactive ketones (excluding diaryl/α,β-unsaturated/α-hetero) is 1. The molecule has 0 unspecified atom stereocenters. The maximum atomic E-state index is 12.1. The monoisotopic (exact) mass is 315 g/mol. The quantitative estimate of drug-likeness (QED) is 0.757. The Morgan fingerprint density at radius 3 is 2.23 bits per heavy atom. The van der Waals surface area contributed by atoms with E-state index in [1.807, 2.05) is 30.3 Å². The molecule has 0 saturated carbocycles. The van der Waals surface area contributed by atoms with Crippen molar-refractivity contribution in [3.63, 3.8) is 0 Å². The van der Waals surface area contributed by atoms with Crippen LogP contribution >= 0.6 is 11.6 Å². The van der Waals surface area contributed by atoms with Crippen LogP contribution in [0.5, 0.6) is 0 Å². The van der Waals surface area contributed by atoms with Crippen molar-refractivity contribution in [1.29, 1.82) is 0 Å². The Labute approximate surface area is 135 Å². The summed E-state index contributed by atoms with van der Waals surface area (Å²) in [6, 6.07) is 16.4. The normalized spacial score (nSPS) is 10.3. The van der Waals surface area contributed by atoms with Crippen LogP contribution in [0.4, 0.5) is 0 Å². The number of carbonyl (C=O) groups excluding carboxylic acids is 2. The number of amides is 1. The summed E-state index contributed by atoms with van der Waals surface area (Å²) >= 11 is 5.84. The average molecular weight is 316 g/mol. The molecule has 114 valence electrons. The van der Waals surface area contributed by atoms with Gasteiger partial charge in [-0.2, -0.15) is 0 Å². The molecule has 0 aliphatic rings. The summed E-state index contributed by atoms with van der Waals surface area (Å²) in [5, 5.41) is 0.672. The summed E-state index contributed by atoms with van der Waals surface area (Å²) in [5.41, 5.74) is 1.66. The van der Waals surface area contributed by atoms with E-state index in [9.17, 15) is 9.59 Å². The molecular weight excluding hydrogens is 298 g/mol. The summed E-state index contributed by atoms with van der Waals surface area (Å²) in [7, 11) is 1.74. The summed E-state index contributed by atoms with van der Waals surface area (Å²) in [6.07, 6.45) is 0.450. The van der Waals surface area contributed by atoms with Gasteiger partial charge in [-0.25, -0.2) is 0 Å². The van der Waals surface area contributed by atoms with E-state index in [0.29, 0.717) is 17.1 Å². The Hall–Kier alpha value is -2.13. The van der Waals surface area contributed by atoms with Crippen molar-refractivity contribution >= 4 is 23.3 Å². The molecule has 0 aromatic heterocycles. The van der Waals surface area contributed by atoms with E-state index in [2.05, 4.69) is 0 Å². The van der Waals surface area contributed by atoms with Gasteiger partial charge in [-0.05, 0) is 17.7 Å². The molecule has 0 fully saturated rings. The number of hydrogen-bond acceptors (Lipinski definition) is 2. The van der Waals surface area contributed by atoms with Gasteiger partial charge in [-0.15, -0.1) is 0 Å². The zero-order valence-electron chi connectivity index (χ0n) is 12.5. The number of rotatable bonds is 6. The van der Waals surface area contributed by atoms with Crippen LogP contribution in [0.25, 0.3) is 0 Å². The molecule has 0 aliphatic heterocycles. The number of carbonyl (C=O) groups is 2. The van der Waals surface area contributed by atoms with Gasteiger partial charge in [0.15, 0.2) is 5.78 Å². The van der Waals surface area contributed by atoms with E-state index < -0.39 is 0 Å². The van der Waals surface area contributed by atoms with Gasteiger partial charge in [0.25, 0.3) is 0 Å². The molecule has 2 rings (SSSR count). The molecule has 3 nitrogen and oxygen atoms in total. The van der Waals surface area contributed by atoms with E-state index in [-0.39, 0.29) is 24.5 Å². The van der Waals surface area contributed by atoms with E-state index in [1.165, 1.54) is 0 Å². The highest BCUT2D eigenvalue weighted by Crippen LogP contribution is 2.12. The fraction of sp³-hybridized carbons (Fsp3) is 0.222. The van der Waals surface area contributed by atoms with Crippen LogP contribution in [-0.4, -0.2) is 23.6 Å². The minimum Gasteiger partial charge on any atom is -0.341 e. The SMILES string of the molecule is CN(Cc1ccc(Cl)cc1)C(=O)CCC(=O)c1ccccc1. The largest absolute Gasteiger partial charge is 0.341 e. The van der Waals surface area contributed by atoms with E-state index >= 15 is 0 Å². The van der Waals surface area contributed by atoms with Crippen LogP contribution < -0.4 is 0 Å². The molecule has 0 saturated heterocycles. The van der Waals surface area contributed by atoms with Gasteiger partial charge in [-0.1, -0.05) is 54.1 Å². The number of benzene rings is 2. The molecule has 4 heteroatoms. The standard InChI is InChI=1S/C18H18ClNO2/c1-20(13-14-7-9-16(19)10-8-14)18(22)12-11-17(21)15-5-3-2-4-6-15/h2-10H,11-13H2,1H3. The number of halogens is 1. The lowest BCUT2D eigenvalue weighted by atomic mass is 10.1. The summed E-state index contributed by atoms with van der Waals surface area (Å²) < 4.78 is 0. The minimum atomic E-state index is -0.0424. The van der Waals surface area contributed by atoms with Crippen LogP contribution in [0.3, 0.4) is 0 Å². The molecule has 2 aromatic rings. The van der Waals surface area contributed by atoms with Crippen LogP contribution in [0.1, 0.15) is 28.8 Å². The Morgan fingerprint density at radius 2 is 1.59 bits per heavy atom. The van der Waals surface area contributed by atoms with Crippen molar-refractivity contribution in [2.75, 3.05) is 7.05 Å². The molecule has 0 radical (unpaired) electrons. The van der Waals surface area contributed by atoms with Crippen LogP contribution in [0.2, 0.25) is 5.02 Å². The maximum Gasteiger partial charge on any atom is 0.223 e. The first-order chi connectivity index (χ1) is 10.6. The minimum absolute atomic E-state index is 0.00570. The predicted molar refractivity (Wildman–Crippen MR) is 87.9 cm³/mol. The second-order valence-corrected chi connectivity index (χ2v) is 5.60. The number of nitrogens with zero attached hydrogens (tertiary/aromatic N) is 1. The van der Waals surface area contributed by atoms with Crippen molar-refractivity contribution in [3.8, 4) is 0 Å². The van der Waals surface area contributed by atoms with Gasteiger partial charge in [0, 0.05) is 37.0 Å². The Kier molecular flexibility index (Phi) is 5.73. The third-order valence-electron chi connectivity index (χ3n) is 3.42. The molecule has 2 aromatic carbocycles. The zero-order chi connectivity index (χ0) is 15.9. The van der Waals surface area contributed by atoms with Gasteiger partial charge >= 0.3 is 0 Å². The zero-order valence-corrected chi connectivity index (χ0v) is 13.2. The topological polar surface area (TPSA) is 37.4 Å². The van der Waals surface area contributed by atoms with Crippen molar-refractivity contribution in [1.82, 2.24) is 4.90 Å². The molecular formula is C18H18ClNO2. The number of ketones is 1. The molecule has 0 atom stereocenters. The van der Waals surface area contributed by atoms with E-state index in [0.717, 1.165) is 5.56 Å². The summed E-state index contributed by atoms with van der Waals surface area (Å²) in [5.74, 6) is -0.0481. The maximum absolute atomic E-state index is 12.1. The predicted octanol–water partition coefficient (Wildman–Crippen LogP) is 3.96. The summed E-state index contributed by atoms with van der Waals surface area (Å²) in [4.78, 5) is 25.7. The second-order valence-electron chi connectivity index (χ2n) is 5.17. The van der Waals surface area contributed by atoms with E-state index in [4.69, 9.17) is 11.6 Å². The molecule has 0 bridgehead atoms. The van der Waals surface area contributed by atoms with Crippen molar-refractivity contribution in [2.45, 2.75) is 19.4 Å². The van der Waals surface area contributed by atoms with Crippen LogP contribution in [0.15, 0.2) is 54.6 Å². The first-order valence-electron chi connectivity index (χ1n) is 7.13. The lowest BCUT2D eigenvalue weighted by Gasteiger charge is -2.17. The lowest BCUT2D eigenvalue weighted by Crippen LogP contribution is -2.26. The Balaban J connectivity index is 1.84. The van der Waals surface area contributed by atoms with Crippen molar-refractivity contribution in [3.05, 3.63) is 70.7 Å². The lowest BCUT2D eigenvalue weighted by molar-refractivity contribution is -0.130. The van der Waals surface area contributed by atoms with Gasteiger partial charge in [-0.3, -0.25) is 9.59 Å². The van der Waals surface area contributed by atoms with Gasteiger partial charge < -0.3 is 4.90 Å². The van der Waals surface area contributed by atoms with Crippen LogP contribution in [-0.2, 0) is 11.3 Å². The Bertz CT molecular complexity index is 638. The fourth-order valence-corrected chi connectivity index (χ4v) is 2.26. The highest BCUT2D eigenvalue weighted by atomic mass is 35.5. The molecule has 0 heterocycles. The smallest absolute Gasteiger partial charge is 0.223 e. The van der Waals surface area contributed by atoms with Gasteiger partial charge in [0.2, 0.25) is 5.91 Å². The van der Waals surface area contributed by atoms with Crippen molar-refractivity contribution < 1.29 is 9.59 Å². The fourth-order valence-electron chi connectivity index (χ4n) is 2.13. The molecule has 0 spiro atoms. The molecule has 0 aliphatic carbocycles. The summed E-state index contributed by atoms with van der Waals surface area (Å²) in [6.45, 7) is 0.509. The average Bonchev–Trinajstić information content (AvgIpc) is 2.55. The third-order valence-corrected chi connectivity index (χ3v) is 3.67. The van der Waals surface area contributed by atoms with Crippen molar-refractivity contribution in [2.24, 2.45) is 0 Å². The molecule has 1 amide bonds. The third kappa shape index (κ3) is 4.71. The first-order valence-corrected chi connectivity index (χ1v) is 7.50. The van der Waals surface area contributed by atoms with E-state index in [1.54, 1.807) is 36.2 Å². The van der Waals surface area contributed by atoms with Crippen LogP contribution in [0, 0.1) is 0 Å². The van der Waals surface area contributed by atoms with Gasteiger partial charge in [0.05, 0.1) is 0 Å². The van der Waals surface area contributed by atoms with Gasteiger partial charge in [0.1, 0.15) is 0 Å². The highest BCUT2D eigenvalue weighted by molar-refractivity contribution is 6.30. The first kappa shape index (κ1) is 16.2. The molecule has 22 heavy (non-hydrogen) atoms. The molecule has 0 N–H and O–H groups in total. The Morgan fingerprint density at radius 1 is 0.955 bits per heavy atom. The second kappa shape index (κ2) is 7.76.